The average molecular weight is 206 g/mol. The van der Waals surface area contributed by atoms with E-state index < -0.39 is 0 Å². The summed E-state index contributed by atoms with van der Waals surface area (Å²) in [6, 6.07) is 0. The van der Waals surface area contributed by atoms with Gasteiger partial charge in [-0.1, -0.05) is 0 Å². The van der Waals surface area contributed by atoms with Gasteiger partial charge in [-0.2, -0.15) is 0 Å². The van der Waals surface area contributed by atoms with Gasteiger partial charge in [-0.05, 0) is 7.05 Å². The molecule has 2 heterocycles. The quantitative estimate of drug-likeness (QED) is 0.667. The molecule has 1 aliphatic rings. The van der Waals surface area contributed by atoms with Crippen LogP contribution >= 0.6 is 0 Å². The molecule has 0 amide bonds. The zero-order valence-electron chi connectivity index (χ0n) is 8.95. The minimum atomic E-state index is -0.0457. The molecule has 5 nitrogen and oxygen atoms in total. The van der Waals surface area contributed by atoms with E-state index in [1.165, 1.54) is 6.92 Å². The largest absolute Gasteiger partial charge is 0.368 e. The van der Waals surface area contributed by atoms with Crippen LogP contribution in [0.5, 0.6) is 0 Å². The Morgan fingerprint density at radius 1 is 1.47 bits per heavy atom. The van der Waals surface area contributed by atoms with Crippen LogP contribution in [-0.4, -0.2) is 34.2 Å². The zero-order valence-corrected chi connectivity index (χ0v) is 8.95. The van der Waals surface area contributed by atoms with Crippen molar-refractivity contribution in [2.75, 3.05) is 19.3 Å². The van der Waals surface area contributed by atoms with E-state index in [4.69, 9.17) is 5.73 Å². The normalized spacial score (nSPS) is 16.1. The molecular formula is C10H14N4O. The number of hydrogen-bond acceptors (Lipinski definition) is 5. The van der Waals surface area contributed by atoms with Gasteiger partial charge in [-0.25, -0.2) is 9.97 Å². The number of rotatable bonds is 1. The summed E-state index contributed by atoms with van der Waals surface area (Å²) in [5.41, 5.74) is 7.90. The molecule has 5 heteroatoms. The number of anilines is 1. The monoisotopic (exact) mass is 206 g/mol. The lowest BCUT2D eigenvalue weighted by Crippen LogP contribution is -2.29. The van der Waals surface area contributed by atoms with Crippen LogP contribution in [0, 0.1) is 0 Å². The summed E-state index contributed by atoms with van der Waals surface area (Å²) in [5, 5.41) is 0. The third kappa shape index (κ3) is 1.83. The molecule has 1 aliphatic heterocycles. The van der Waals surface area contributed by atoms with Crippen molar-refractivity contribution in [1.82, 2.24) is 14.9 Å². The highest BCUT2D eigenvalue weighted by atomic mass is 16.1. The molecule has 0 bridgehead atoms. The molecule has 15 heavy (non-hydrogen) atoms. The number of likely N-dealkylation sites (N-methyl/N-ethyl adjacent to an activating group) is 1. The fourth-order valence-electron chi connectivity index (χ4n) is 1.86. The summed E-state index contributed by atoms with van der Waals surface area (Å²) >= 11 is 0. The minimum Gasteiger partial charge on any atom is -0.368 e. The molecule has 80 valence electrons. The Balaban J connectivity index is 2.55. The number of hydrogen-bond donors (Lipinski definition) is 1. The van der Waals surface area contributed by atoms with Gasteiger partial charge < -0.3 is 10.6 Å². The van der Waals surface area contributed by atoms with E-state index >= 15 is 0 Å². The summed E-state index contributed by atoms with van der Waals surface area (Å²) < 4.78 is 0. The Kier molecular flexibility index (Phi) is 2.40. The summed E-state index contributed by atoms with van der Waals surface area (Å²) in [6.07, 6.45) is 0.832. The topological polar surface area (TPSA) is 72.1 Å². The van der Waals surface area contributed by atoms with Crippen LogP contribution in [0.15, 0.2) is 0 Å². The Bertz CT molecular complexity index is 416. The van der Waals surface area contributed by atoms with Crippen molar-refractivity contribution in [3.8, 4) is 0 Å². The number of fused-ring (bicyclic) bond motifs is 1. The molecule has 0 aliphatic carbocycles. The maximum absolute atomic E-state index is 11.4. The van der Waals surface area contributed by atoms with Gasteiger partial charge in [0.25, 0.3) is 0 Å². The van der Waals surface area contributed by atoms with Crippen molar-refractivity contribution in [3.05, 3.63) is 17.0 Å². The molecule has 2 N–H and O–H groups in total. The van der Waals surface area contributed by atoms with Crippen molar-refractivity contribution >= 4 is 11.7 Å². The minimum absolute atomic E-state index is 0.0457. The third-order valence-electron chi connectivity index (χ3n) is 2.60. The first kappa shape index (κ1) is 10.0. The predicted molar refractivity (Wildman–Crippen MR) is 56.5 cm³/mol. The van der Waals surface area contributed by atoms with Crippen LogP contribution in [0.25, 0.3) is 0 Å². The summed E-state index contributed by atoms with van der Waals surface area (Å²) in [5.74, 6) is 0.152. The number of nitrogens with two attached hydrogens (primary N) is 1. The molecule has 0 unspecified atom stereocenters. The maximum Gasteiger partial charge on any atom is 0.220 e. The smallest absolute Gasteiger partial charge is 0.220 e. The Labute approximate surface area is 88.3 Å². The fourth-order valence-corrected chi connectivity index (χ4v) is 1.86. The molecule has 1 aromatic heterocycles. The first-order valence-corrected chi connectivity index (χ1v) is 4.92. The van der Waals surface area contributed by atoms with Crippen LogP contribution in [0.4, 0.5) is 5.95 Å². The highest BCUT2D eigenvalue weighted by molar-refractivity contribution is 5.94. The zero-order chi connectivity index (χ0) is 11.0. The van der Waals surface area contributed by atoms with Crippen LogP contribution in [0.2, 0.25) is 0 Å². The highest BCUT2D eigenvalue weighted by Gasteiger charge is 2.21. The van der Waals surface area contributed by atoms with Gasteiger partial charge >= 0.3 is 0 Å². The SMILES string of the molecule is CC(=O)c1nc(N)nc2c1CN(C)CC2. The molecule has 0 saturated heterocycles. The van der Waals surface area contributed by atoms with Crippen molar-refractivity contribution in [3.63, 3.8) is 0 Å². The molecule has 0 atom stereocenters. The summed E-state index contributed by atoms with van der Waals surface area (Å²) in [7, 11) is 2.02. The second-order valence-electron chi connectivity index (χ2n) is 3.90. The van der Waals surface area contributed by atoms with E-state index in [-0.39, 0.29) is 11.7 Å². The number of ketones is 1. The number of nitrogen functional groups attached to an aromatic ring is 1. The summed E-state index contributed by atoms with van der Waals surface area (Å²) in [4.78, 5) is 21.7. The summed E-state index contributed by atoms with van der Waals surface area (Å²) in [6.45, 7) is 3.18. The van der Waals surface area contributed by atoms with Crippen LogP contribution in [-0.2, 0) is 13.0 Å². The van der Waals surface area contributed by atoms with Crippen molar-refractivity contribution in [2.45, 2.75) is 19.9 Å². The van der Waals surface area contributed by atoms with Gasteiger partial charge in [0, 0.05) is 32.0 Å². The molecule has 0 spiro atoms. The number of carbonyl (C=O) groups excluding carboxylic acids is 1. The van der Waals surface area contributed by atoms with E-state index in [2.05, 4.69) is 14.9 Å². The van der Waals surface area contributed by atoms with Crippen molar-refractivity contribution in [2.24, 2.45) is 0 Å². The third-order valence-corrected chi connectivity index (χ3v) is 2.60. The fraction of sp³-hybridized carbons (Fsp3) is 0.500. The molecule has 0 aromatic carbocycles. The van der Waals surface area contributed by atoms with Crippen LogP contribution in [0.3, 0.4) is 0 Å². The Morgan fingerprint density at radius 3 is 2.87 bits per heavy atom. The first-order chi connectivity index (χ1) is 7.08. The van der Waals surface area contributed by atoms with E-state index in [1.54, 1.807) is 0 Å². The maximum atomic E-state index is 11.4. The van der Waals surface area contributed by atoms with E-state index in [0.717, 1.165) is 30.8 Å². The first-order valence-electron chi connectivity index (χ1n) is 4.92. The van der Waals surface area contributed by atoms with Crippen LogP contribution < -0.4 is 5.73 Å². The molecule has 0 radical (unpaired) electrons. The lowest BCUT2D eigenvalue weighted by molar-refractivity contribution is 0.101. The van der Waals surface area contributed by atoms with Gasteiger partial charge in [0.05, 0.1) is 5.69 Å². The van der Waals surface area contributed by atoms with Gasteiger partial charge in [0.2, 0.25) is 5.95 Å². The van der Waals surface area contributed by atoms with Gasteiger partial charge in [-0.3, -0.25) is 4.79 Å². The molecular weight excluding hydrogens is 192 g/mol. The number of Topliss-reactive ketones (excluding diaryl/α,β-unsaturated/α-hetero) is 1. The number of carbonyl (C=O) groups is 1. The molecule has 1 aromatic rings. The molecule has 2 rings (SSSR count). The lowest BCUT2D eigenvalue weighted by Gasteiger charge is -2.25. The second kappa shape index (κ2) is 3.58. The Morgan fingerprint density at radius 2 is 2.20 bits per heavy atom. The Hall–Kier alpha value is -1.49. The number of nitrogens with zero attached hydrogens (tertiary/aromatic N) is 3. The van der Waals surface area contributed by atoms with Crippen molar-refractivity contribution in [1.29, 1.82) is 0 Å². The predicted octanol–water partition coefficient (Wildman–Crippen LogP) is 0.249. The average Bonchev–Trinajstić information content (AvgIpc) is 2.17. The van der Waals surface area contributed by atoms with Gasteiger partial charge in [-0.15, -0.1) is 0 Å². The lowest BCUT2D eigenvalue weighted by atomic mass is 10.0. The van der Waals surface area contributed by atoms with E-state index in [9.17, 15) is 4.79 Å². The molecule has 0 fully saturated rings. The number of aromatic nitrogens is 2. The standard InChI is InChI=1S/C10H14N4O/c1-6(15)9-7-5-14(2)4-3-8(7)12-10(11)13-9/h3-5H2,1-2H3,(H2,11,12,13). The van der Waals surface area contributed by atoms with Gasteiger partial charge in [0.1, 0.15) is 5.69 Å². The second-order valence-corrected chi connectivity index (χ2v) is 3.90. The van der Waals surface area contributed by atoms with Crippen molar-refractivity contribution < 1.29 is 4.79 Å². The van der Waals surface area contributed by atoms with E-state index in [1.807, 2.05) is 7.05 Å². The van der Waals surface area contributed by atoms with Gasteiger partial charge in [0.15, 0.2) is 5.78 Å². The van der Waals surface area contributed by atoms with Crippen LogP contribution in [0.1, 0.15) is 28.7 Å². The van der Waals surface area contributed by atoms with E-state index in [0.29, 0.717) is 5.69 Å². The molecule has 0 saturated carbocycles. The highest BCUT2D eigenvalue weighted by Crippen LogP contribution is 2.20.